The number of alkyl halides is 6. The molecule has 0 saturated carbocycles. The first kappa shape index (κ1) is 28.0. The smallest absolute Gasteiger partial charge is 0.433 e. The number of fused-ring (bicyclic) bond motifs is 1. The molecule has 0 radical (unpaired) electrons. The molecule has 4 rings (SSSR count). The van der Waals surface area contributed by atoms with Crippen LogP contribution in [-0.2, 0) is 25.5 Å². The molecule has 0 aliphatic rings. The van der Waals surface area contributed by atoms with Crippen LogP contribution in [-0.4, -0.2) is 39.7 Å². The predicted molar refractivity (Wildman–Crippen MR) is 127 cm³/mol. The maximum Gasteiger partial charge on any atom is 0.433 e. The number of nitrogens with zero attached hydrogens (tertiary/aromatic N) is 8. The number of unbranched alkanes of at least 4 members (excludes halogenated alkanes) is 5. The van der Waals surface area contributed by atoms with Gasteiger partial charge in [0.05, 0.1) is 11.6 Å². The molecule has 0 spiro atoms. The van der Waals surface area contributed by atoms with Gasteiger partial charge in [0.25, 0.3) is 0 Å². The number of pyridine rings is 1. The van der Waals surface area contributed by atoms with E-state index < -0.39 is 35.6 Å². The van der Waals surface area contributed by atoms with Crippen molar-refractivity contribution in [3.8, 4) is 11.7 Å². The molecule has 0 fully saturated rings. The van der Waals surface area contributed by atoms with E-state index in [1.807, 2.05) is 0 Å². The van der Waals surface area contributed by atoms with Crippen molar-refractivity contribution >= 4 is 17.0 Å². The molecule has 2 N–H and O–H groups in total. The molecule has 0 atom stereocenters. The van der Waals surface area contributed by atoms with E-state index in [0.717, 1.165) is 38.2 Å². The second kappa shape index (κ2) is 11.4. The molecule has 39 heavy (non-hydrogen) atoms. The van der Waals surface area contributed by atoms with Gasteiger partial charge in [0.15, 0.2) is 17.2 Å². The van der Waals surface area contributed by atoms with Gasteiger partial charge >= 0.3 is 12.4 Å². The molecule has 0 aliphatic heterocycles. The molecule has 0 bridgehead atoms. The van der Waals surface area contributed by atoms with Crippen LogP contribution in [0.4, 0.5) is 32.3 Å². The number of halogens is 6. The van der Waals surface area contributed by atoms with Crippen molar-refractivity contribution in [1.82, 2.24) is 39.7 Å². The maximum atomic E-state index is 13.3. The van der Waals surface area contributed by atoms with Crippen molar-refractivity contribution in [2.45, 2.75) is 71.0 Å². The Balaban J connectivity index is 1.55. The van der Waals surface area contributed by atoms with E-state index >= 15 is 0 Å². The van der Waals surface area contributed by atoms with E-state index in [9.17, 15) is 26.3 Å². The molecule has 0 saturated heterocycles. The van der Waals surface area contributed by atoms with Crippen LogP contribution in [0.15, 0.2) is 24.4 Å². The van der Waals surface area contributed by atoms with Gasteiger partial charge < -0.3 is 10.5 Å². The number of nitrogens with two attached hydrogens (primary N) is 1. The molecule has 4 aromatic rings. The summed E-state index contributed by atoms with van der Waals surface area (Å²) in [5.41, 5.74) is 3.29. The quantitative estimate of drug-likeness (QED) is 0.193. The summed E-state index contributed by atoms with van der Waals surface area (Å²) >= 11 is 0. The Kier molecular flexibility index (Phi) is 8.20. The zero-order valence-corrected chi connectivity index (χ0v) is 20.8. The summed E-state index contributed by atoms with van der Waals surface area (Å²) in [7, 11) is 0. The van der Waals surface area contributed by atoms with E-state index in [4.69, 9.17) is 10.5 Å². The summed E-state index contributed by atoms with van der Waals surface area (Å²) in [4.78, 5) is 10.6. The zero-order chi connectivity index (χ0) is 28.2. The number of aromatic nitrogens is 8. The number of nitrogen functional groups attached to an aromatic ring is 1. The van der Waals surface area contributed by atoms with Gasteiger partial charge in [-0.3, -0.25) is 0 Å². The van der Waals surface area contributed by atoms with Crippen LogP contribution in [0.25, 0.3) is 16.9 Å². The molecular formula is C23H25F6N9O. The minimum absolute atomic E-state index is 0.0535. The fourth-order valence-electron chi connectivity index (χ4n) is 3.84. The van der Waals surface area contributed by atoms with Crippen LogP contribution in [0.2, 0.25) is 0 Å². The standard InChI is InChI=1S/C23H25F6N9O/c1-2-3-4-5-6-7-10-37-19-15(8-9-16(31-19)22(24,25)26)20(35-37)38-12-14(34-36-38)13-39-18-11-17(23(27,28)29)32-21(30)33-18/h8-9,11-12H,2-7,10,13H2,1H3,(H2,30,32,33). The average molecular weight is 558 g/mol. The van der Waals surface area contributed by atoms with Crippen molar-refractivity contribution < 1.29 is 31.1 Å². The molecule has 210 valence electrons. The third kappa shape index (κ3) is 6.92. The summed E-state index contributed by atoms with van der Waals surface area (Å²) in [6.45, 7) is 2.15. The highest BCUT2D eigenvalue weighted by atomic mass is 19.4. The third-order valence-corrected chi connectivity index (χ3v) is 5.73. The lowest BCUT2D eigenvalue weighted by molar-refractivity contribution is -0.141. The Morgan fingerprint density at radius 3 is 2.33 bits per heavy atom. The van der Waals surface area contributed by atoms with E-state index in [-0.39, 0.29) is 23.8 Å². The number of ether oxygens (including phenoxy) is 1. The van der Waals surface area contributed by atoms with Crippen LogP contribution >= 0.6 is 0 Å². The van der Waals surface area contributed by atoms with Crippen LogP contribution in [0.1, 0.15) is 62.5 Å². The van der Waals surface area contributed by atoms with Gasteiger partial charge in [-0.15, -0.1) is 5.10 Å². The number of hydrogen-bond acceptors (Lipinski definition) is 8. The lowest BCUT2D eigenvalue weighted by Gasteiger charge is -2.08. The fourth-order valence-corrected chi connectivity index (χ4v) is 3.84. The minimum Gasteiger partial charge on any atom is -0.471 e. The third-order valence-electron chi connectivity index (χ3n) is 5.73. The predicted octanol–water partition coefficient (Wildman–Crippen LogP) is 5.36. The summed E-state index contributed by atoms with van der Waals surface area (Å²) < 4.78 is 86.8. The number of anilines is 1. The van der Waals surface area contributed by atoms with Crippen molar-refractivity contribution in [2.75, 3.05) is 5.73 Å². The molecule has 10 nitrogen and oxygen atoms in total. The molecular weight excluding hydrogens is 532 g/mol. The van der Waals surface area contributed by atoms with Gasteiger partial charge in [-0.2, -0.15) is 41.1 Å². The van der Waals surface area contributed by atoms with Crippen LogP contribution in [0.5, 0.6) is 5.88 Å². The van der Waals surface area contributed by atoms with Gasteiger partial charge in [-0.25, -0.2) is 14.6 Å². The van der Waals surface area contributed by atoms with E-state index in [2.05, 4.69) is 37.3 Å². The molecule has 16 heteroatoms. The SMILES string of the molecule is CCCCCCCCn1nc(-n2cc(COc3cc(C(F)(F)F)nc(N)n3)nn2)c2ccc(C(F)(F)F)nc21. The summed E-state index contributed by atoms with van der Waals surface area (Å²) in [5, 5.41) is 12.6. The fraction of sp³-hybridized carbons (Fsp3) is 0.478. The van der Waals surface area contributed by atoms with Gasteiger partial charge in [-0.05, 0) is 18.6 Å². The molecule has 4 heterocycles. The maximum absolute atomic E-state index is 13.3. The lowest BCUT2D eigenvalue weighted by atomic mass is 10.1. The van der Waals surface area contributed by atoms with Crippen molar-refractivity contribution in [1.29, 1.82) is 0 Å². The summed E-state index contributed by atoms with van der Waals surface area (Å²) in [6.07, 6.45) is -2.06. The second-order valence-corrected chi connectivity index (χ2v) is 8.77. The molecule has 0 unspecified atom stereocenters. The largest absolute Gasteiger partial charge is 0.471 e. The summed E-state index contributed by atoms with van der Waals surface area (Å²) in [6, 6.07) is 2.73. The Morgan fingerprint density at radius 1 is 0.897 bits per heavy atom. The van der Waals surface area contributed by atoms with Crippen molar-refractivity contribution in [2.24, 2.45) is 0 Å². The lowest BCUT2D eigenvalue weighted by Crippen LogP contribution is -2.11. The van der Waals surface area contributed by atoms with Crippen molar-refractivity contribution in [3.63, 3.8) is 0 Å². The monoisotopic (exact) mass is 557 g/mol. The highest BCUT2D eigenvalue weighted by Crippen LogP contribution is 2.31. The normalized spacial score (nSPS) is 12.4. The topological polar surface area (TPSA) is 122 Å². The Morgan fingerprint density at radius 2 is 1.62 bits per heavy atom. The minimum atomic E-state index is -4.74. The van der Waals surface area contributed by atoms with E-state index in [1.165, 1.54) is 21.6 Å². The first-order chi connectivity index (χ1) is 18.5. The first-order valence-corrected chi connectivity index (χ1v) is 12.2. The van der Waals surface area contributed by atoms with Gasteiger partial charge in [0, 0.05) is 12.6 Å². The molecule has 0 aromatic carbocycles. The Labute approximate surface area is 218 Å². The van der Waals surface area contributed by atoms with Gasteiger partial charge in [0.2, 0.25) is 11.8 Å². The number of hydrogen-bond donors (Lipinski definition) is 1. The van der Waals surface area contributed by atoms with Crippen LogP contribution in [0, 0.1) is 0 Å². The Hall–Kier alpha value is -3.98. The number of aryl methyl sites for hydroxylation is 1. The van der Waals surface area contributed by atoms with E-state index in [0.29, 0.717) is 24.4 Å². The highest BCUT2D eigenvalue weighted by molar-refractivity contribution is 5.83. The van der Waals surface area contributed by atoms with Crippen molar-refractivity contribution in [3.05, 3.63) is 41.5 Å². The molecule has 0 amide bonds. The highest BCUT2D eigenvalue weighted by Gasteiger charge is 2.34. The van der Waals surface area contributed by atoms with Crippen LogP contribution < -0.4 is 10.5 Å². The Bertz CT molecular complexity index is 1410. The average Bonchev–Trinajstić information content (AvgIpc) is 3.48. The zero-order valence-electron chi connectivity index (χ0n) is 20.8. The van der Waals surface area contributed by atoms with Gasteiger partial charge in [0.1, 0.15) is 18.0 Å². The summed E-state index contributed by atoms with van der Waals surface area (Å²) in [5.74, 6) is -0.833. The van der Waals surface area contributed by atoms with E-state index in [1.54, 1.807) is 0 Å². The first-order valence-electron chi connectivity index (χ1n) is 12.2. The van der Waals surface area contributed by atoms with Crippen LogP contribution in [0.3, 0.4) is 0 Å². The number of rotatable bonds is 11. The second-order valence-electron chi connectivity index (χ2n) is 8.77. The molecule has 0 aliphatic carbocycles. The molecule has 4 aromatic heterocycles. The van der Waals surface area contributed by atoms with Gasteiger partial charge in [-0.1, -0.05) is 44.2 Å².